The summed E-state index contributed by atoms with van der Waals surface area (Å²) >= 11 is 0. The van der Waals surface area contributed by atoms with E-state index in [2.05, 4.69) is 42.9 Å². The van der Waals surface area contributed by atoms with Crippen LogP contribution in [0.1, 0.15) is 12.8 Å². The minimum Gasteiger partial charge on any atom is -0.163 e. The normalized spacial score (nSPS) is 18.7. The van der Waals surface area contributed by atoms with Gasteiger partial charge in [-0.3, -0.25) is 0 Å². The van der Waals surface area contributed by atoms with E-state index in [0.717, 1.165) is 12.8 Å². The first-order chi connectivity index (χ1) is 5.45. The standard InChI is InChI=1S/C11H11.V/c1-2-6-10(5-1)9-11-7-3-4-8-11;/h1-5,7,9H,6,8H2;/q-1;+2. The summed E-state index contributed by atoms with van der Waals surface area (Å²) in [5.74, 6) is 0. The van der Waals surface area contributed by atoms with Crippen LogP contribution in [0.5, 0.6) is 0 Å². The molecule has 0 aliphatic heterocycles. The van der Waals surface area contributed by atoms with Crippen LogP contribution < -0.4 is 0 Å². The van der Waals surface area contributed by atoms with Crippen molar-refractivity contribution in [2.75, 3.05) is 0 Å². The zero-order valence-electron chi connectivity index (χ0n) is 6.90. The Morgan fingerprint density at radius 2 is 1.42 bits per heavy atom. The Hall–Kier alpha value is -0.586. The van der Waals surface area contributed by atoms with Crippen molar-refractivity contribution in [3.05, 3.63) is 54.0 Å². The van der Waals surface area contributed by atoms with Gasteiger partial charge in [0.15, 0.2) is 0 Å². The van der Waals surface area contributed by atoms with E-state index < -0.39 is 0 Å². The van der Waals surface area contributed by atoms with Crippen LogP contribution in [0.2, 0.25) is 0 Å². The van der Waals surface area contributed by atoms with Gasteiger partial charge in [0.25, 0.3) is 0 Å². The first-order valence-electron chi connectivity index (χ1n) is 4.01. The Kier molecular flexibility index (Phi) is 3.52. The minimum atomic E-state index is 0. The van der Waals surface area contributed by atoms with Crippen molar-refractivity contribution < 1.29 is 18.6 Å². The molecule has 0 amide bonds. The molecule has 12 heavy (non-hydrogen) atoms. The number of hydrogen-bond donors (Lipinski definition) is 0. The Balaban J connectivity index is 0.000000720. The van der Waals surface area contributed by atoms with Crippen molar-refractivity contribution in [2.45, 2.75) is 12.8 Å². The molecule has 0 aromatic heterocycles. The van der Waals surface area contributed by atoms with E-state index in [9.17, 15) is 0 Å². The molecule has 0 unspecified atom stereocenters. The van der Waals surface area contributed by atoms with Crippen LogP contribution in [-0.4, -0.2) is 0 Å². The van der Waals surface area contributed by atoms with Gasteiger partial charge in [0, 0.05) is 0 Å². The average Bonchev–Trinajstić information content (AvgIpc) is 2.60. The maximum Gasteiger partial charge on any atom is 2.00 e. The van der Waals surface area contributed by atoms with E-state index >= 15 is 0 Å². The second-order valence-corrected chi connectivity index (χ2v) is 2.89. The SMILES string of the molecule is C1=CCC([CH-]C2=CC=CC2)=C1.[V+2]. The van der Waals surface area contributed by atoms with Gasteiger partial charge in [-0.25, -0.2) is 0 Å². The molecule has 0 bridgehead atoms. The molecule has 0 atom stereocenters. The molecule has 2 rings (SSSR count). The third-order valence-electron chi connectivity index (χ3n) is 1.97. The molecule has 0 saturated carbocycles. The zero-order chi connectivity index (χ0) is 7.52. The molecule has 0 saturated heterocycles. The quantitative estimate of drug-likeness (QED) is 0.593. The summed E-state index contributed by atoms with van der Waals surface area (Å²) in [6.45, 7) is 0. The third kappa shape index (κ3) is 2.20. The van der Waals surface area contributed by atoms with Gasteiger partial charge >= 0.3 is 18.6 Å². The molecule has 0 nitrogen and oxygen atoms in total. The van der Waals surface area contributed by atoms with Crippen LogP contribution >= 0.6 is 0 Å². The summed E-state index contributed by atoms with van der Waals surface area (Å²) < 4.78 is 0. The number of rotatable bonds is 2. The molecule has 0 heterocycles. The van der Waals surface area contributed by atoms with Gasteiger partial charge in [-0.1, -0.05) is 12.2 Å². The largest absolute Gasteiger partial charge is 2.00 e. The van der Waals surface area contributed by atoms with Gasteiger partial charge in [0.1, 0.15) is 0 Å². The summed E-state index contributed by atoms with van der Waals surface area (Å²) in [6, 6.07) is 0. The summed E-state index contributed by atoms with van der Waals surface area (Å²) in [7, 11) is 0. The molecule has 1 heteroatoms. The molecule has 0 fully saturated rings. The van der Waals surface area contributed by atoms with Crippen molar-refractivity contribution in [3.8, 4) is 0 Å². The summed E-state index contributed by atoms with van der Waals surface area (Å²) in [4.78, 5) is 0. The molecule has 0 aromatic carbocycles. The fourth-order valence-electron chi connectivity index (χ4n) is 1.38. The Bertz CT molecular complexity index is 239. The van der Waals surface area contributed by atoms with Gasteiger partial charge < -0.3 is 0 Å². The fraction of sp³-hybridized carbons (Fsp3) is 0.182. The molecular formula is C11H11V+. The maximum absolute atomic E-state index is 2.28. The molecule has 2 aliphatic rings. The van der Waals surface area contributed by atoms with E-state index in [-0.39, 0.29) is 18.6 Å². The minimum absolute atomic E-state index is 0. The van der Waals surface area contributed by atoms with Gasteiger partial charge in [0.05, 0.1) is 0 Å². The van der Waals surface area contributed by atoms with E-state index in [0.29, 0.717) is 0 Å². The maximum atomic E-state index is 2.28. The Morgan fingerprint density at radius 1 is 0.917 bits per heavy atom. The van der Waals surface area contributed by atoms with Crippen LogP contribution in [0.3, 0.4) is 0 Å². The number of hydrogen-bond acceptors (Lipinski definition) is 0. The second-order valence-electron chi connectivity index (χ2n) is 2.89. The Morgan fingerprint density at radius 3 is 1.75 bits per heavy atom. The predicted molar refractivity (Wildman–Crippen MR) is 48.0 cm³/mol. The van der Waals surface area contributed by atoms with Crippen molar-refractivity contribution in [1.29, 1.82) is 0 Å². The Labute approximate surface area is 85.6 Å². The van der Waals surface area contributed by atoms with E-state index in [1.807, 2.05) is 0 Å². The second kappa shape index (κ2) is 4.44. The first-order valence-corrected chi connectivity index (χ1v) is 4.01. The van der Waals surface area contributed by atoms with Gasteiger partial charge in [-0.05, 0) is 12.8 Å². The molecule has 0 aromatic rings. The predicted octanol–water partition coefficient (Wildman–Crippen LogP) is 2.96. The van der Waals surface area contributed by atoms with Crippen LogP contribution in [0.15, 0.2) is 47.6 Å². The van der Waals surface area contributed by atoms with E-state index in [1.54, 1.807) is 0 Å². The van der Waals surface area contributed by atoms with Gasteiger partial charge in [-0.15, -0.1) is 12.2 Å². The fourth-order valence-corrected chi connectivity index (χ4v) is 1.38. The van der Waals surface area contributed by atoms with Crippen LogP contribution in [0.4, 0.5) is 0 Å². The monoisotopic (exact) mass is 194 g/mol. The van der Waals surface area contributed by atoms with Crippen molar-refractivity contribution in [3.63, 3.8) is 0 Å². The van der Waals surface area contributed by atoms with Crippen molar-refractivity contribution in [1.82, 2.24) is 0 Å². The average molecular weight is 194 g/mol. The molecular weight excluding hydrogens is 183 g/mol. The van der Waals surface area contributed by atoms with E-state index in [4.69, 9.17) is 0 Å². The van der Waals surface area contributed by atoms with Crippen LogP contribution in [0, 0.1) is 6.42 Å². The van der Waals surface area contributed by atoms with Crippen LogP contribution in [0.25, 0.3) is 0 Å². The number of allylic oxidation sites excluding steroid dienone is 8. The molecule has 0 spiro atoms. The van der Waals surface area contributed by atoms with Crippen molar-refractivity contribution >= 4 is 0 Å². The third-order valence-corrected chi connectivity index (χ3v) is 1.97. The first kappa shape index (κ1) is 9.50. The molecule has 0 N–H and O–H groups in total. The summed E-state index contributed by atoms with van der Waals surface area (Å²) in [6.07, 6.45) is 17.5. The van der Waals surface area contributed by atoms with Gasteiger partial charge in [-0.2, -0.15) is 29.7 Å². The topological polar surface area (TPSA) is 0 Å². The van der Waals surface area contributed by atoms with Crippen LogP contribution in [-0.2, 0) is 18.6 Å². The summed E-state index contributed by atoms with van der Waals surface area (Å²) in [5.41, 5.74) is 2.86. The van der Waals surface area contributed by atoms with Crippen molar-refractivity contribution in [2.24, 2.45) is 0 Å². The van der Waals surface area contributed by atoms with Gasteiger partial charge in [0.2, 0.25) is 0 Å². The summed E-state index contributed by atoms with van der Waals surface area (Å²) in [5, 5.41) is 0. The zero-order valence-corrected chi connectivity index (χ0v) is 8.30. The van der Waals surface area contributed by atoms with E-state index in [1.165, 1.54) is 11.1 Å². The molecule has 2 aliphatic carbocycles. The molecule has 1 radical (unpaired) electrons. The molecule has 59 valence electrons. The smallest absolute Gasteiger partial charge is 0.163 e.